The van der Waals surface area contributed by atoms with Crippen molar-refractivity contribution >= 4 is 11.7 Å². The molecule has 2 aromatic heterocycles. The van der Waals surface area contributed by atoms with Gasteiger partial charge in [-0.15, -0.1) is 0 Å². The van der Waals surface area contributed by atoms with Crippen molar-refractivity contribution in [2.45, 2.75) is 39.3 Å². The lowest BCUT2D eigenvalue weighted by molar-refractivity contribution is -0.132. The van der Waals surface area contributed by atoms with Crippen LogP contribution in [0.5, 0.6) is 0 Å². The molecule has 1 aliphatic rings. The summed E-state index contributed by atoms with van der Waals surface area (Å²) in [5.41, 5.74) is 4.76. The summed E-state index contributed by atoms with van der Waals surface area (Å²) in [7, 11) is 0. The van der Waals surface area contributed by atoms with Gasteiger partial charge in [-0.1, -0.05) is 30.3 Å². The van der Waals surface area contributed by atoms with Crippen molar-refractivity contribution in [3.8, 4) is 22.5 Å². The number of halogens is 1. The molecule has 1 amide bonds. The minimum atomic E-state index is -0.369. The lowest BCUT2D eigenvalue weighted by atomic mass is 10.1. The Morgan fingerprint density at radius 2 is 1.77 bits per heavy atom. The molecule has 9 heteroatoms. The number of nitrogens with zero attached hydrogens (tertiary/aromatic N) is 6. The van der Waals surface area contributed by atoms with Crippen molar-refractivity contribution < 1.29 is 14.3 Å². The first kappa shape index (κ1) is 26.5. The molecule has 0 spiro atoms. The zero-order valence-corrected chi connectivity index (χ0v) is 22.3. The van der Waals surface area contributed by atoms with E-state index in [0.29, 0.717) is 50.3 Å². The number of carbonyl (C=O) groups is 1. The average Bonchev–Trinajstić information content (AvgIpc) is 3.37. The van der Waals surface area contributed by atoms with Crippen LogP contribution in [0.3, 0.4) is 0 Å². The smallest absolute Gasteiger partial charge is 0.244 e. The van der Waals surface area contributed by atoms with E-state index in [4.69, 9.17) is 5.10 Å². The first-order valence-corrected chi connectivity index (χ1v) is 13.3. The van der Waals surface area contributed by atoms with Crippen molar-refractivity contribution in [2.75, 3.05) is 31.1 Å². The second-order valence-corrected chi connectivity index (χ2v) is 10.0. The molecule has 4 aromatic rings. The van der Waals surface area contributed by atoms with Crippen LogP contribution >= 0.6 is 0 Å². The maximum atomic E-state index is 13.9. The van der Waals surface area contributed by atoms with E-state index >= 15 is 0 Å². The molecule has 5 rings (SSSR count). The van der Waals surface area contributed by atoms with E-state index < -0.39 is 0 Å². The summed E-state index contributed by atoms with van der Waals surface area (Å²) >= 11 is 0. The molecule has 1 saturated heterocycles. The van der Waals surface area contributed by atoms with Gasteiger partial charge in [-0.05, 0) is 62.1 Å². The molecule has 0 aliphatic carbocycles. The number of rotatable bonds is 8. The summed E-state index contributed by atoms with van der Waals surface area (Å²) in [5, 5.41) is 14.3. The monoisotopic (exact) mass is 528 g/mol. The Morgan fingerprint density at radius 1 is 1.00 bits per heavy atom. The highest BCUT2D eigenvalue weighted by molar-refractivity contribution is 5.78. The molecular formula is C30H33FN6O2. The molecule has 0 saturated carbocycles. The number of aliphatic hydroxyl groups is 1. The highest BCUT2D eigenvalue weighted by Crippen LogP contribution is 2.27. The molecule has 0 bridgehead atoms. The van der Waals surface area contributed by atoms with Gasteiger partial charge in [-0.3, -0.25) is 9.48 Å². The third-order valence-electron chi connectivity index (χ3n) is 7.07. The number of aryl methyl sites for hydroxylation is 2. The molecular weight excluding hydrogens is 495 g/mol. The molecule has 1 fully saturated rings. The number of hydrogen-bond acceptors (Lipinski definition) is 6. The van der Waals surface area contributed by atoms with Crippen LogP contribution in [0.4, 0.5) is 10.2 Å². The van der Waals surface area contributed by atoms with Crippen molar-refractivity contribution in [1.29, 1.82) is 0 Å². The summed E-state index contributed by atoms with van der Waals surface area (Å²) in [6, 6.07) is 18.7. The summed E-state index contributed by atoms with van der Waals surface area (Å²) in [6.45, 7) is 6.12. The predicted octanol–water partition coefficient (Wildman–Crippen LogP) is 4.12. The Labute approximate surface area is 227 Å². The minimum absolute atomic E-state index is 0.00271. The summed E-state index contributed by atoms with van der Waals surface area (Å²) in [6.07, 6.45) is 2.54. The van der Waals surface area contributed by atoms with Gasteiger partial charge < -0.3 is 14.9 Å². The van der Waals surface area contributed by atoms with E-state index in [1.165, 1.54) is 6.07 Å². The number of hydrogen-bond donors (Lipinski definition) is 1. The highest BCUT2D eigenvalue weighted by atomic mass is 19.1. The number of aromatic nitrogens is 4. The average molecular weight is 529 g/mol. The van der Waals surface area contributed by atoms with Gasteiger partial charge in [0.2, 0.25) is 5.91 Å². The quantitative estimate of drug-likeness (QED) is 0.370. The van der Waals surface area contributed by atoms with Crippen LogP contribution in [0.1, 0.15) is 24.6 Å². The lowest BCUT2D eigenvalue weighted by Gasteiger charge is -2.35. The number of anilines is 1. The first-order valence-electron chi connectivity index (χ1n) is 13.3. The fourth-order valence-electron chi connectivity index (χ4n) is 4.79. The van der Waals surface area contributed by atoms with Crippen molar-refractivity contribution in [2.24, 2.45) is 0 Å². The summed E-state index contributed by atoms with van der Waals surface area (Å²) in [5.74, 6) is 0.584. The fraction of sp³-hybridized carbons (Fsp3) is 0.333. The van der Waals surface area contributed by atoms with Crippen molar-refractivity contribution in [3.05, 3.63) is 84.1 Å². The SMILES string of the molecule is Cc1cc(-c2cc(-c3ccccc3)n(CC(=O)N3CCN(c4cc(CCC(C)O)ncn4)CC3)n2)ccc1F. The van der Waals surface area contributed by atoms with Gasteiger partial charge in [0, 0.05) is 43.5 Å². The third-order valence-corrected chi connectivity index (χ3v) is 7.07. The number of benzene rings is 2. The molecule has 39 heavy (non-hydrogen) atoms. The number of piperazine rings is 1. The molecule has 1 unspecified atom stereocenters. The van der Waals surface area contributed by atoms with Crippen molar-refractivity contribution in [1.82, 2.24) is 24.6 Å². The van der Waals surface area contributed by atoms with Gasteiger partial charge in [0.1, 0.15) is 24.5 Å². The molecule has 2 aromatic carbocycles. The van der Waals surface area contributed by atoms with Crippen molar-refractivity contribution in [3.63, 3.8) is 0 Å². The standard InChI is InChI=1S/C30H33FN6O2/c1-21-16-24(9-11-26(21)31)27-18-28(23-6-4-3-5-7-23)37(34-27)19-30(39)36-14-12-35(13-15-36)29-17-25(32-20-33-29)10-8-22(2)38/h3-7,9,11,16-18,20,22,38H,8,10,12-15,19H2,1-2H3. The van der Waals surface area contributed by atoms with Crippen LogP contribution in [-0.4, -0.2) is 67.9 Å². The Balaban J connectivity index is 1.29. The van der Waals surface area contributed by atoms with Gasteiger partial charge in [0.15, 0.2) is 0 Å². The molecule has 1 aliphatic heterocycles. The van der Waals surface area contributed by atoms with E-state index in [9.17, 15) is 14.3 Å². The Bertz CT molecular complexity index is 1430. The maximum Gasteiger partial charge on any atom is 0.244 e. The molecule has 3 heterocycles. The fourth-order valence-corrected chi connectivity index (χ4v) is 4.79. The van der Waals surface area contributed by atoms with Gasteiger partial charge in [0.05, 0.1) is 17.5 Å². The lowest BCUT2D eigenvalue weighted by Crippen LogP contribution is -2.50. The number of aliphatic hydroxyl groups excluding tert-OH is 1. The molecule has 1 N–H and O–H groups in total. The number of carbonyl (C=O) groups excluding carboxylic acids is 1. The second-order valence-electron chi connectivity index (χ2n) is 10.0. The Kier molecular flexibility index (Phi) is 7.97. The van der Waals surface area contributed by atoms with E-state index in [1.807, 2.05) is 47.4 Å². The molecule has 1 atom stereocenters. The summed E-state index contributed by atoms with van der Waals surface area (Å²) < 4.78 is 15.6. The largest absolute Gasteiger partial charge is 0.393 e. The minimum Gasteiger partial charge on any atom is -0.393 e. The van der Waals surface area contributed by atoms with E-state index in [2.05, 4.69) is 14.9 Å². The zero-order chi connectivity index (χ0) is 27.4. The number of amides is 1. The molecule has 8 nitrogen and oxygen atoms in total. The van der Waals surface area contributed by atoms with Gasteiger partial charge >= 0.3 is 0 Å². The van der Waals surface area contributed by atoms with Crippen LogP contribution in [0.25, 0.3) is 22.5 Å². The van der Waals surface area contributed by atoms with E-state index in [-0.39, 0.29) is 24.4 Å². The molecule has 0 radical (unpaired) electrons. The van der Waals surface area contributed by atoms with Gasteiger partial charge in [-0.25, -0.2) is 14.4 Å². The normalized spacial score (nSPS) is 14.5. The zero-order valence-electron chi connectivity index (χ0n) is 22.3. The van der Waals surface area contributed by atoms with E-state index in [1.54, 1.807) is 37.0 Å². The van der Waals surface area contributed by atoms with Crippen LogP contribution in [0.2, 0.25) is 0 Å². The molecule has 202 valence electrons. The van der Waals surface area contributed by atoms with Gasteiger partial charge in [0.25, 0.3) is 0 Å². The van der Waals surface area contributed by atoms with Gasteiger partial charge in [-0.2, -0.15) is 5.10 Å². The van der Waals surface area contributed by atoms with Crippen LogP contribution < -0.4 is 4.90 Å². The van der Waals surface area contributed by atoms with Crippen LogP contribution in [0, 0.1) is 12.7 Å². The second kappa shape index (κ2) is 11.7. The topological polar surface area (TPSA) is 87.4 Å². The Morgan fingerprint density at radius 3 is 2.49 bits per heavy atom. The highest BCUT2D eigenvalue weighted by Gasteiger charge is 2.24. The van der Waals surface area contributed by atoms with Crippen LogP contribution in [0.15, 0.2) is 67.0 Å². The van der Waals surface area contributed by atoms with Crippen LogP contribution in [-0.2, 0) is 17.8 Å². The first-order chi connectivity index (χ1) is 18.9. The Hall–Kier alpha value is -4.11. The predicted molar refractivity (Wildman–Crippen MR) is 149 cm³/mol. The van der Waals surface area contributed by atoms with E-state index in [0.717, 1.165) is 28.3 Å². The maximum absolute atomic E-state index is 13.9. The third kappa shape index (κ3) is 6.31. The summed E-state index contributed by atoms with van der Waals surface area (Å²) in [4.78, 5) is 26.2.